The number of halogens is 1. The maximum atomic E-state index is 13.6. The van der Waals surface area contributed by atoms with Gasteiger partial charge < -0.3 is 18.8 Å². The predicted octanol–water partition coefficient (Wildman–Crippen LogP) is 4.94. The van der Waals surface area contributed by atoms with Crippen molar-refractivity contribution in [2.75, 3.05) is 6.79 Å². The first kappa shape index (κ1) is 21.4. The average Bonchev–Trinajstić information content (AvgIpc) is 3.43. The van der Waals surface area contributed by atoms with Gasteiger partial charge in [0.1, 0.15) is 5.58 Å². The Labute approximate surface area is 205 Å². The van der Waals surface area contributed by atoms with Crippen LogP contribution in [0.25, 0.3) is 11.0 Å². The molecule has 9 nitrogen and oxygen atoms in total. The average molecular weight is 535 g/mol. The van der Waals surface area contributed by atoms with Crippen molar-refractivity contribution in [1.82, 2.24) is 4.90 Å². The van der Waals surface area contributed by atoms with Crippen LogP contribution in [0, 0.1) is 10.1 Å². The molecular formula is C25H15BrN2O7. The third-order valence-electron chi connectivity index (χ3n) is 6.14. The van der Waals surface area contributed by atoms with Crippen molar-refractivity contribution in [3.05, 3.63) is 108 Å². The summed E-state index contributed by atoms with van der Waals surface area (Å²) in [7, 11) is 0. The number of carbonyl (C=O) groups is 1. The number of hydrogen-bond donors (Lipinski definition) is 0. The van der Waals surface area contributed by atoms with Gasteiger partial charge >= 0.3 is 0 Å². The fraction of sp³-hybridized carbons (Fsp3) is 0.120. The summed E-state index contributed by atoms with van der Waals surface area (Å²) in [6.07, 6.45) is 0. The van der Waals surface area contributed by atoms with E-state index in [9.17, 15) is 19.7 Å². The van der Waals surface area contributed by atoms with Crippen LogP contribution in [0.5, 0.6) is 11.5 Å². The van der Waals surface area contributed by atoms with E-state index in [1.54, 1.807) is 42.5 Å². The predicted molar refractivity (Wildman–Crippen MR) is 128 cm³/mol. The molecule has 6 rings (SSSR count). The lowest BCUT2D eigenvalue weighted by atomic mass is 9.98. The molecule has 4 aromatic rings. The van der Waals surface area contributed by atoms with Crippen LogP contribution in [0.4, 0.5) is 5.69 Å². The zero-order chi connectivity index (χ0) is 24.3. The maximum Gasteiger partial charge on any atom is 0.291 e. The summed E-state index contributed by atoms with van der Waals surface area (Å²) in [4.78, 5) is 39.4. The van der Waals surface area contributed by atoms with E-state index in [2.05, 4.69) is 15.9 Å². The first-order chi connectivity index (χ1) is 16.9. The van der Waals surface area contributed by atoms with Crippen LogP contribution in [0.2, 0.25) is 0 Å². The molecule has 3 heterocycles. The topological polar surface area (TPSA) is 112 Å². The molecular weight excluding hydrogens is 520 g/mol. The molecule has 0 N–H and O–H groups in total. The number of benzene rings is 3. The molecule has 0 unspecified atom stereocenters. The molecule has 35 heavy (non-hydrogen) atoms. The summed E-state index contributed by atoms with van der Waals surface area (Å²) in [5.74, 6) is 0.713. The van der Waals surface area contributed by atoms with Crippen LogP contribution in [0.1, 0.15) is 33.3 Å². The van der Waals surface area contributed by atoms with Gasteiger partial charge in [0, 0.05) is 23.2 Å². The highest BCUT2D eigenvalue weighted by Gasteiger charge is 2.43. The van der Waals surface area contributed by atoms with E-state index < -0.39 is 16.9 Å². The molecule has 1 atom stereocenters. The Morgan fingerprint density at radius 1 is 1.00 bits per heavy atom. The highest BCUT2D eigenvalue weighted by atomic mass is 79.9. The van der Waals surface area contributed by atoms with Gasteiger partial charge in [-0.25, -0.2) is 0 Å². The third-order valence-corrected chi connectivity index (χ3v) is 6.63. The summed E-state index contributed by atoms with van der Waals surface area (Å²) in [6, 6.07) is 15.4. The summed E-state index contributed by atoms with van der Waals surface area (Å²) >= 11 is 3.38. The number of fused-ring (bicyclic) bond motifs is 3. The number of amides is 1. The van der Waals surface area contributed by atoms with E-state index in [4.69, 9.17) is 13.9 Å². The standard InChI is InChI=1S/C25H15BrN2O7/c26-15-4-8-18-17(10-15)23(29)21-22(14-2-5-16(6-3-14)28(31)32)27(25(30)24(21)35-18)11-13-1-7-19-20(9-13)34-12-33-19/h1-10,22H,11-12H2/t22-/m0/s1. The van der Waals surface area contributed by atoms with Crippen LogP contribution in [0.3, 0.4) is 0 Å². The lowest BCUT2D eigenvalue weighted by molar-refractivity contribution is -0.384. The van der Waals surface area contributed by atoms with Crippen molar-refractivity contribution in [2.24, 2.45) is 0 Å². The Hall–Kier alpha value is -4.18. The molecule has 0 saturated carbocycles. The number of carbonyl (C=O) groups excluding carboxylic acids is 1. The Morgan fingerprint density at radius 3 is 2.54 bits per heavy atom. The highest BCUT2D eigenvalue weighted by molar-refractivity contribution is 9.10. The van der Waals surface area contributed by atoms with Gasteiger partial charge in [-0.1, -0.05) is 22.0 Å². The fourth-order valence-corrected chi connectivity index (χ4v) is 4.88. The number of non-ortho nitro benzene ring substituents is 1. The number of nitro groups is 1. The monoisotopic (exact) mass is 534 g/mol. The number of nitro benzene ring substituents is 1. The molecule has 0 aliphatic carbocycles. The summed E-state index contributed by atoms with van der Waals surface area (Å²) < 4.78 is 17.5. The molecule has 0 bridgehead atoms. The first-order valence-electron chi connectivity index (χ1n) is 10.6. The van der Waals surface area contributed by atoms with E-state index in [0.717, 1.165) is 5.56 Å². The zero-order valence-electron chi connectivity index (χ0n) is 17.9. The molecule has 0 saturated heterocycles. The van der Waals surface area contributed by atoms with Crippen molar-refractivity contribution in [2.45, 2.75) is 12.6 Å². The second-order valence-corrected chi connectivity index (χ2v) is 9.10. The maximum absolute atomic E-state index is 13.6. The molecule has 0 spiro atoms. The molecule has 0 radical (unpaired) electrons. The van der Waals surface area contributed by atoms with Crippen molar-refractivity contribution in [3.8, 4) is 11.5 Å². The second kappa shape index (κ2) is 7.95. The molecule has 3 aromatic carbocycles. The summed E-state index contributed by atoms with van der Waals surface area (Å²) in [5.41, 5.74) is 1.42. The number of hydrogen-bond acceptors (Lipinski definition) is 7. The van der Waals surface area contributed by atoms with Crippen LogP contribution >= 0.6 is 15.9 Å². The van der Waals surface area contributed by atoms with Gasteiger partial charge in [-0.05, 0) is 53.6 Å². The molecule has 1 aromatic heterocycles. The van der Waals surface area contributed by atoms with Gasteiger partial charge in [0.25, 0.3) is 11.6 Å². The lowest BCUT2D eigenvalue weighted by Crippen LogP contribution is -2.29. The quantitative estimate of drug-likeness (QED) is 0.269. The largest absolute Gasteiger partial charge is 0.454 e. The zero-order valence-corrected chi connectivity index (χ0v) is 19.5. The third kappa shape index (κ3) is 3.45. The molecule has 0 fully saturated rings. The minimum Gasteiger partial charge on any atom is -0.454 e. The molecule has 2 aliphatic heterocycles. The van der Waals surface area contributed by atoms with E-state index >= 15 is 0 Å². The van der Waals surface area contributed by atoms with Crippen molar-refractivity contribution in [1.29, 1.82) is 0 Å². The van der Waals surface area contributed by atoms with Gasteiger partial charge in [-0.2, -0.15) is 0 Å². The Balaban J connectivity index is 1.51. The normalized spacial score (nSPS) is 16.1. The Kier molecular flexibility index (Phi) is 4.85. The van der Waals surface area contributed by atoms with Gasteiger partial charge in [0.05, 0.1) is 21.9 Å². The SMILES string of the molecule is O=C1c2oc3ccc(Br)cc3c(=O)c2[C@H](c2ccc([N+](=O)[O-])cc2)N1Cc1ccc2c(c1)OCO2. The Morgan fingerprint density at radius 2 is 1.77 bits per heavy atom. The fourth-order valence-electron chi connectivity index (χ4n) is 4.52. The summed E-state index contributed by atoms with van der Waals surface area (Å²) in [5, 5.41) is 11.5. The van der Waals surface area contributed by atoms with Gasteiger partial charge in [-0.15, -0.1) is 0 Å². The first-order valence-corrected chi connectivity index (χ1v) is 11.4. The second-order valence-electron chi connectivity index (χ2n) is 8.19. The van der Waals surface area contributed by atoms with E-state index in [1.807, 2.05) is 6.07 Å². The van der Waals surface area contributed by atoms with Crippen LogP contribution < -0.4 is 14.9 Å². The van der Waals surface area contributed by atoms with E-state index in [1.165, 1.54) is 17.0 Å². The minimum atomic E-state index is -0.789. The van der Waals surface area contributed by atoms with Gasteiger partial charge in [0.15, 0.2) is 16.9 Å². The molecule has 1 amide bonds. The number of ether oxygens (including phenoxy) is 2. The smallest absolute Gasteiger partial charge is 0.291 e. The van der Waals surface area contributed by atoms with Gasteiger partial charge in [0.2, 0.25) is 12.6 Å². The molecule has 174 valence electrons. The van der Waals surface area contributed by atoms with E-state index in [-0.39, 0.29) is 35.8 Å². The van der Waals surface area contributed by atoms with Crippen molar-refractivity contribution in [3.63, 3.8) is 0 Å². The van der Waals surface area contributed by atoms with Crippen LogP contribution in [-0.4, -0.2) is 22.5 Å². The minimum absolute atomic E-state index is 0.0334. The van der Waals surface area contributed by atoms with Crippen molar-refractivity contribution < 1.29 is 23.6 Å². The van der Waals surface area contributed by atoms with Crippen LogP contribution in [-0.2, 0) is 6.54 Å². The van der Waals surface area contributed by atoms with Crippen molar-refractivity contribution >= 4 is 38.5 Å². The number of nitrogens with zero attached hydrogens (tertiary/aromatic N) is 2. The lowest BCUT2D eigenvalue weighted by Gasteiger charge is -2.25. The molecule has 2 aliphatic rings. The number of rotatable bonds is 4. The molecule has 10 heteroatoms. The summed E-state index contributed by atoms with van der Waals surface area (Å²) in [6.45, 7) is 0.277. The van der Waals surface area contributed by atoms with Crippen LogP contribution in [0.15, 0.2) is 74.3 Å². The van der Waals surface area contributed by atoms with E-state index in [0.29, 0.717) is 32.5 Å². The van der Waals surface area contributed by atoms with Gasteiger partial charge in [-0.3, -0.25) is 19.7 Å². The Bertz CT molecular complexity index is 1600. The highest BCUT2D eigenvalue weighted by Crippen LogP contribution is 2.41.